The number of benzene rings is 2. The molecule has 1 aromatic heterocycles. The van der Waals surface area contributed by atoms with Gasteiger partial charge in [0.25, 0.3) is 5.56 Å². The second-order valence-electron chi connectivity index (χ2n) is 5.85. The monoisotopic (exact) mass is 399 g/mol. The van der Waals surface area contributed by atoms with Gasteiger partial charge in [-0.25, -0.2) is 4.98 Å². The number of nitrogens with one attached hydrogen (secondary N) is 1. The van der Waals surface area contributed by atoms with Crippen LogP contribution in [0.4, 0.5) is 0 Å². The van der Waals surface area contributed by atoms with Crippen LogP contribution >= 0.6 is 15.9 Å². The van der Waals surface area contributed by atoms with Crippen molar-refractivity contribution in [1.29, 1.82) is 0 Å². The first-order valence-electron chi connectivity index (χ1n) is 8.03. The van der Waals surface area contributed by atoms with E-state index >= 15 is 0 Å². The van der Waals surface area contributed by atoms with Gasteiger partial charge in [0.1, 0.15) is 0 Å². The summed E-state index contributed by atoms with van der Waals surface area (Å²) in [4.78, 5) is 28.9. The highest BCUT2D eigenvalue weighted by Crippen LogP contribution is 2.17. The Morgan fingerprint density at radius 1 is 1.24 bits per heavy atom. The molecule has 0 spiro atoms. The zero-order valence-electron chi connectivity index (χ0n) is 13.8. The van der Waals surface area contributed by atoms with Crippen LogP contribution in [0.15, 0.2) is 64.1 Å². The molecule has 0 aliphatic heterocycles. The lowest BCUT2D eigenvalue weighted by Crippen LogP contribution is -2.29. The Balaban J connectivity index is 1.64. The number of carbonyl (C=O) groups excluding carboxylic acids is 1. The van der Waals surface area contributed by atoms with Gasteiger partial charge < -0.3 is 5.32 Å². The molecule has 1 amide bonds. The molecule has 1 heterocycles. The number of hydrogen-bond donors (Lipinski definition) is 1. The van der Waals surface area contributed by atoms with Crippen LogP contribution in [0, 0.1) is 0 Å². The summed E-state index contributed by atoms with van der Waals surface area (Å²) in [6.45, 7) is 2.23. The highest BCUT2D eigenvalue weighted by atomic mass is 79.9. The maximum atomic E-state index is 12.4. The van der Waals surface area contributed by atoms with Crippen LogP contribution in [-0.2, 0) is 11.3 Å². The largest absolute Gasteiger partial charge is 0.350 e. The third-order valence-corrected chi connectivity index (χ3v) is 4.53. The van der Waals surface area contributed by atoms with Gasteiger partial charge >= 0.3 is 0 Å². The summed E-state index contributed by atoms with van der Waals surface area (Å²) in [7, 11) is 0. The molecule has 3 aromatic rings. The number of aromatic nitrogens is 2. The van der Waals surface area contributed by atoms with Crippen molar-refractivity contribution in [3.05, 3.63) is 75.2 Å². The third-order valence-electron chi connectivity index (χ3n) is 4.04. The number of aryl methyl sites for hydroxylation is 1. The average Bonchev–Trinajstić information content (AvgIpc) is 2.61. The Bertz CT molecular complexity index is 968. The molecule has 6 heteroatoms. The molecule has 0 saturated carbocycles. The minimum Gasteiger partial charge on any atom is -0.350 e. The first-order chi connectivity index (χ1) is 12.0. The van der Waals surface area contributed by atoms with Crippen LogP contribution in [-0.4, -0.2) is 15.5 Å². The van der Waals surface area contributed by atoms with Crippen LogP contribution in [0.2, 0.25) is 0 Å². The molecular formula is C19H18BrN3O2. The smallest absolute Gasteiger partial charge is 0.261 e. The molecule has 128 valence electrons. The molecule has 0 saturated heterocycles. The van der Waals surface area contributed by atoms with E-state index in [1.807, 2.05) is 43.3 Å². The quantitative estimate of drug-likeness (QED) is 0.714. The lowest BCUT2D eigenvalue weighted by atomic mass is 10.1. The minimum atomic E-state index is -0.126. The van der Waals surface area contributed by atoms with Crippen molar-refractivity contribution in [1.82, 2.24) is 14.9 Å². The summed E-state index contributed by atoms with van der Waals surface area (Å²) >= 11 is 3.43. The summed E-state index contributed by atoms with van der Waals surface area (Å²) in [5.41, 5.74) is 1.56. The fraction of sp³-hybridized carbons (Fsp3) is 0.211. The van der Waals surface area contributed by atoms with E-state index in [0.717, 1.165) is 10.0 Å². The number of rotatable bonds is 5. The molecule has 0 aliphatic rings. The highest BCUT2D eigenvalue weighted by molar-refractivity contribution is 9.10. The first-order valence-corrected chi connectivity index (χ1v) is 8.83. The topological polar surface area (TPSA) is 64.0 Å². The summed E-state index contributed by atoms with van der Waals surface area (Å²) < 4.78 is 2.45. The predicted octanol–water partition coefficient (Wildman–Crippen LogP) is 3.43. The number of amides is 1. The zero-order valence-corrected chi connectivity index (χ0v) is 15.4. The number of fused-ring (bicyclic) bond motifs is 1. The molecule has 1 N–H and O–H groups in total. The van der Waals surface area contributed by atoms with Crippen LogP contribution in [0.25, 0.3) is 10.9 Å². The number of nitrogens with zero attached hydrogens (tertiary/aromatic N) is 2. The molecule has 5 nitrogen and oxygen atoms in total. The molecule has 0 radical (unpaired) electrons. The van der Waals surface area contributed by atoms with Gasteiger partial charge in [-0.15, -0.1) is 0 Å². The summed E-state index contributed by atoms with van der Waals surface area (Å²) in [5, 5.41) is 3.52. The van der Waals surface area contributed by atoms with E-state index in [1.54, 1.807) is 12.1 Å². The fourth-order valence-corrected chi connectivity index (χ4v) is 3.08. The molecule has 0 fully saturated rings. The van der Waals surface area contributed by atoms with Gasteiger partial charge in [-0.2, -0.15) is 0 Å². The van der Waals surface area contributed by atoms with Crippen molar-refractivity contribution in [2.24, 2.45) is 0 Å². The maximum Gasteiger partial charge on any atom is 0.261 e. The predicted molar refractivity (Wildman–Crippen MR) is 101 cm³/mol. The Morgan fingerprint density at radius 3 is 2.84 bits per heavy atom. The second-order valence-corrected chi connectivity index (χ2v) is 6.77. The van der Waals surface area contributed by atoms with E-state index in [-0.39, 0.29) is 23.9 Å². The lowest BCUT2D eigenvalue weighted by Gasteiger charge is -2.15. The Kier molecular flexibility index (Phi) is 5.28. The standard InChI is InChI=1S/C19H18BrN3O2/c1-13(14-5-4-6-15(20)11-14)22-18(24)9-10-23-12-21-17-8-3-2-7-16(17)19(23)25/h2-8,11-13H,9-10H2,1H3,(H,22,24). The molecule has 0 aliphatic carbocycles. The van der Waals surface area contributed by atoms with Crippen molar-refractivity contribution in [2.75, 3.05) is 0 Å². The number of hydrogen-bond acceptors (Lipinski definition) is 3. The normalized spacial score (nSPS) is 12.1. The van der Waals surface area contributed by atoms with E-state index in [9.17, 15) is 9.59 Å². The minimum absolute atomic E-state index is 0.101. The molecule has 2 aromatic carbocycles. The number of carbonyl (C=O) groups is 1. The Morgan fingerprint density at radius 2 is 2.04 bits per heavy atom. The van der Waals surface area contributed by atoms with Crippen molar-refractivity contribution >= 4 is 32.7 Å². The van der Waals surface area contributed by atoms with Crippen LogP contribution in [0.3, 0.4) is 0 Å². The average molecular weight is 400 g/mol. The maximum absolute atomic E-state index is 12.4. The second kappa shape index (κ2) is 7.61. The van der Waals surface area contributed by atoms with E-state index < -0.39 is 0 Å². The van der Waals surface area contributed by atoms with Gasteiger partial charge in [-0.3, -0.25) is 14.2 Å². The van der Waals surface area contributed by atoms with Gasteiger partial charge in [-0.1, -0.05) is 40.2 Å². The van der Waals surface area contributed by atoms with Crippen molar-refractivity contribution in [2.45, 2.75) is 25.9 Å². The van der Waals surface area contributed by atoms with Gasteiger partial charge in [0.05, 0.1) is 23.3 Å². The molecule has 25 heavy (non-hydrogen) atoms. The van der Waals surface area contributed by atoms with Crippen molar-refractivity contribution in [3.8, 4) is 0 Å². The van der Waals surface area contributed by atoms with Crippen LogP contribution < -0.4 is 10.9 Å². The van der Waals surface area contributed by atoms with Gasteiger partial charge in [-0.05, 0) is 36.8 Å². The van der Waals surface area contributed by atoms with E-state index in [2.05, 4.69) is 26.2 Å². The lowest BCUT2D eigenvalue weighted by molar-refractivity contribution is -0.121. The first kappa shape index (κ1) is 17.4. The van der Waals surface area contributed by atoms with Crippen LogP contribution in [0.5, 0.6) is 0 Å². The molecule has 3 rings (SSSR count). The Hall–Kier alpha value is -2.47. The SMILES string of the molecule is CC(NC(=O)CCn1cnc2ccccc2c1=O)c1cccc(Br)c1. The third kappa shape index (κ3) is 4.14. The van der Waals surface area contributed by atoms with E-state index in [1.165, 1.54) is 10.9 Å². The van der Waals surface area contributed by atoms with Crippen molar-refractivity contribution < 1.29 is 4.79 Å². The van der Waals surface area contributed by atoms with Gasteiger partial charge in [0.2, 0.25) is 5.91 Å². The molecular weight excluding hydrogens is 382 g/mol. The summed E-state index contributed by atoms with van der Waals surface area (Å²) in [5.74, 6) is -0.104. The molecule has 1 atom stereocenters. The number of halogens is 1. The van der Waals surface area contributed by atoms with Crippen molar-refractivity contribution in [3.63, 3.8) is 0 Å². The van der Waals surface area contributed by atoms with Crippen LogP contribution in [0.1, 0.15) is 24.9 Å². The molecule has 0 bridgehead atoms. The number of para-hydroxylation sites is 1. The van der Waals surface area contributed by atoms with Gasteiger partial charge in [0.15, 0.2) is 0 Å². The van der Waals surface area contributed by atoms with E-state index in [4.69, 9.17) is 0 Å². The Labute approximate surface area is 153 Å². The molecule has 1 unspecified atom stereocenters. The van der Waals surface area contributed by atoms with Gasteiger partial charge in [0, 0.05) is 17.4 Å². The summed E-state index contributed by atoms with van der Waals surface area (Å²) in [6.07, 6.45) is 1.72. The summed E-state index contributed by atoms with van der Waals surface area (Å²) in [6, 6.07) is 14.9. The fourth-order valence-electron chi connectivity index (χ4n) is 2.66. The zero-order chi connectivity index (χ0) is 17.8. The highest BCUT2D eigenvalue weighted by Gasteiger charge is 2.11. The van der Waals surface area contributed by atoms with E-state index in [0.29, 0.717) is 17.4 Å².